The van der Waals surface area contributed by atoms with E-state index >= 15 is 0 Å². The lowest BCUT2D eigenvalue weighted by atomic mass is 9.82. The second kappa shape index (κ2) is 4.78. The molecule has 0 fully saturated rings. The van der Waals surface area contributed by atoms with Gasteiger partial charge in [-0.1, -0.05) is 20.8 Å². The molecule has 14 heavy (non-hydrogen) atoms. The molecule has 0 aromatic rings. The van der Waals surface area contributed by atoms with Crippen molar-refractivity contribution in [1.29, 1.82) is 0 Å². The highest BCUT2D eigenvalue weighted by Gasteiger charge is 2.26. The minimum atomic E-state index is -0.287. The van der Waals surface area contributed by atoms with Gasteiger partial charge in [-0.15, -0.1) is 0 Å². The Morgan fingerprint density at radius 1 is 1.29 bits per heavy atom. The molecule has 0 bridgehead atoms. The summed E-state index contributed by atoms with van der Waals surface area (Å²) < 4.78 is 4.68. The zero-order valence-electron chi connectivity index (χ0n) is 10.1. The molecular weight excluding hydrogens is 178 g/mol. The third-order valence-corrected chi connectivity index (χ3v) is 1.79. The first kappa shape index (κ1) is 13.4. The highest BCUT2D eigenvalue weighted by Crippen LogP contribution is 2.27. The van der Waals surface area contributed by atoms with Gasteiger partial charge in [0.15, 0.2) is 6.23 Å². The van der Waals surface area contributed by atoms with Crippen LogP contribution in [0.3, 0.4) is 0 Å². The fraction of sp³-hybridized carbons (Fsp3) is 0.909. The van der Waals surface area contributed by atoms with Crippen molar-refractivity contribution in [1.82, 2.24) is 5.32 Å². The lowest BCUT2D eigenvalue weighted by Gasteiger charge is -2.35. The van der Waals surface area contributed by atoms with Gasteiger partial charge >= 0.3 is 6.47 Å². The van der Waals surface area contributed by atoms with E-state index in [4.69, 9.17) is 0 Å². The summed E-state index contributed by atoms with van der Waals surface area (Å²) in [7, 11) is 0. The maximum Gasteiger partial charge on any atom is 0.419 e. The Bertz CT molecular complexity index is 182. The molecule has 3 nitrogen and oxygen atoms in total. The third-order valence-electron chi connectivity index (χ3n) is 1.79. The van der Waals surface area contributed by atoms with Crippen LogP contribution in [0.5, 0.6) is 0 Å². The number of rotatable bonds is 5. The molecule has 1 radical (unpaired) electrons. The van der Waals surface area contributed by atoms with E-state index in [-0.39, 0.29) is 17.2 Å². The monoisotopic (exact) mass is 200 g/mol. The Morgan fingerprint density at radius 3 is 2.14 bits per heavy atom. The van der Waals surface area contributed by atoms with Crippen molar-refractivity contribution in [2.75, 3.05) is 0 Å². The van der Waals surface area contributed by atoms with Crippen molar-refractivity contribution < 1.29 is 9.53 Å². The minimum absolute atomic E-state index is 0.0471. The molecule has 0 rings (SSSR count). The van der Waals surface area contributed by atoms with Gasteiger partial charge in [-0.2, -0.15) is 0 Å². The SMILES string of the molecule is CC(NC(C)(C)CC(C)(C)C)O[C]=O. The third kappa shape index (κ3) is 6.89. The van der Waals surface area contributed by atoms with Crippen LogP contribution in [0.4, 0.5) is 0 Å². The summed E-state index contributed by atoms with van der Waals surface area (Å²) >= 11 is 0. The van der Waals surface area contributed by atoms with Crippen LogP contribution in [0, 0.1) is 5.41 Å². The average molecular weight is 200 g/mol. The van der Waals surface area contributed by atoms with Gasteiger partial charge in [0.2, 0.25) is 0 Å². The van der Waals surface area contributed by atoms with Crippen molar-refractivity contribution in [3.63, 3.8) is 0 Å². The van der Waals surface area contributed by atoms with E-state index in [1.165, 1.54) is 6.47 Å². The smallest absolute Gasteiger partial charge is 0.419 e. The van der Waals surface area contributed by atoms with E-state index in [2.05, 4.69) is 44.7 Å². The molecule has 1 N–H and O–H groups in total. The highest BCUT2D eigenvalue weighted by molar-refractivity contribution is 5.38. The van der Waals surface area contributed by atoms with Gasteiger partial charge in [-0.25, -0.2) is 4.79 Å². The second-order valence-corrected chi connectivity index (χ2v) is 5.61. The van der Waals surface area contributed by atoms with E-state index in [1.807, 2.05) is 0 Å². The molecule has 1 unspecified atom stereocenters. The summed E-state index contributed by atoms with van der Waals surface area (Å²) in [5.74, 6) is 0. The van der Waals surface area contributed by atoms with Gasteiger partial charge in [0, 0.05) is 5.54 Å². The minimum Gasteiger partial charge on any atom is -0.438 e. The number of nitrogens with one attached hydrogen (secondary N) is 1. The van der Waals surface area contributed by atoms with E-state index in [1.54, 1.807) is 6.92 Å². The van der Waals surface area contributed by atoms with E-state index < -0.39 is 0 Å². The summed E-state index contributed by atoms with van der Waals surface area (Å²) in [6.07, 6.45) is 0.719. The Balaban J connectivity index is 4.12. The standard InChI is InChI=1S/C11H22NO2/c1-9(14-8-13)12-11(5,6)7-10(2,3)4/h9,12H,7H2,1-6H3. The van der Waals surface area contributed by atoms with Crippen LogP contribution in [0.2, 0.25) is 0 Å². The van der Waals surface area contributed by atoms with Crippen molar-refractivity contribution in [3.8, 4) is 0 Å². The molecule has 0 amide bonds. The van der Waals surface area contributed by atoms with Crippen LogP contribution in [-0.4, -0.2) is 18.2 Å². The first-order valence-electron chi connectivity index (χ1n) is 4.97. The van der Waals surface area contributed by atoms with Gasteiger partial charge in [0.1, 0.15) is 0 Å². The van der Waals surface area contributed by atoms with E-state index in [0.717, 1.165) is 6.42 Å². The number of ether oxygens (including phenoxy) is 1. The van der Waals surface area contributed by atoms with Gasteiger partial charge in [0.05, 0.1) is 0 Å². The van der Waals surface area contributed by atoms with Crippen LogP contribution in [-0.2, 0) is 9.53 Å². The zero-order valence-corrected chi connectivity index (χ0v) is 10.1. The zero-order chi connectivity index (χ0) is 11.4. The largest absolute Gasteiger partial charge is 0.438 e. The Kier molecular flexibility index (Phi) is 4.59. The van der Waals surface area contributed by atoms with Crippen LogP contribution >= 0.6 is 0 Å². The average Bonchev–Trinajstić information content (AvgIpc) is 1.78. The van der Waals surface area contributed by atoms with Crippen molar-refractivity contribution in [2.45, 2.75) is 59.7 Å². The molecule has 0 saturated carbocycles. The number of hydrogen-bond donors (Lipinski definition) is 1. The first-order valence-corrected chi connectivity index (χ1v) is 4.97. The summed E-state index contributed by atoms with van der Waals surface area (Å²) in [6.45, 7) is 14.0. The van der Waals surface area contributed by atoms with Crippen LogP contribution in [0.1, 0.15) is 48.0 Å². The predicted octanol–water partition coefficient (Wildman–Crippen LogP) is 2.22. The molecule has 0 aromatic heterocycles. The lowest BCUT2D eigenvalue weighted by Crippen LogP contribution is -2.47. The molecule has 0 heterocycles. The molecule has 0 spiro atoms. The topological polar surface area (TPSA) is 38.3 Å². The van der Waals surface area contributed by atoms with Crippen LogP contribution < -0.4 is 5.32 Å². The summed E-state index contributed by atoms with van der Waals surface area (Å²) in [5, 5.41) is 3.23. The molecule has 0 aliphatic heterocycles. The molecule has 1 atom stereocenters. The molecule has 83 valence electrons. The fourth-order valence-electron chi connectivity index (χ4n) is 2.03. The summed E-state index contributed by atoms with van der Waals surface area (Å²) in [5.41, 5.74) is 0.204. The number of carbonyl (C=O) groups excluding carboxylic acids is 1. The maximum atomic E-state index is 10.00. The van der Waals surface area contributed by atoms with Crippen LogP contribution in [0.15, 0.2) is 0 Å². The maximum absolute atomic E-state index is 10.00. The normalized spacial score (nSPS) is 15.0. The predicted molar refractivity (Wildman–Crippen MR) is 57.5 cm³/mol. The van der Waals surface area contributed by atoms with E-state index in [0.29, 0.717) is 0 Å². The Morgan fingerprint density at radius 2 is 1.79 bits per heavy atom. The molecule has 3 heteroatoms. The fourth-order valence-corrected chi connectivity index (χ4v) is 2.03. The van der Waals surface area contributed by atoms with Gasteiger partial charge in [0.25, 0.3) is 0 Å². The molecule has 0 aliphatic carbocycles. The lowest BCUT2D eigenvalue weighted by molar-refractivity contribution is 0.105. The van der Waals surface area contributed by atoms with Crippen molar-refractivity contribution >= 4 is 6.47 Å². The Hall–Kier alpha value is -0.570. The summed E-state index contributed by atoms with van der Waals surface area (Å²) in [4.78, 5) is 10.00. The van der Waals surface area contributed by atoms with Crippen molar-refractivity contribution in [2.24, 2.45) is 5.41 Å². The van der Waals surface area contributed by atoms with Gasteiger partial charge in [-0.3, -0.25) is 5.32 Å². The second-order valence-electron chi connectivity index (χ2n) is 5.61. The molecule has 0 aliphatic rings. The first-order chi connectivity index (χ1) is 6.16. The van der Waals surface area contributed by atoms with E-state index in [9.17, 15) is 4.79 Å². The molecule has 0 saturated heterocycles. The quantitative estimate of drug-likeness (QED) is 0.691. The molecule has 0 aromatic carbocycles. The van der Waals surface area contributed by atoms with Crippen molar-refractivity contribution in [3.05, 3.63) is 0 Å². The van der Waals surface area contributed by atoms with Gasteiger partial charge < -0.3 is 4.74 Å². The van der Waals surface area contributed by atoms with Gasteiger partial charge in [-0.05, 0) is 32.6 Å². The van der Waals surface area contributed by atoms with Crippen LogP contribution in [0.25, 0.3) is 0 Å². The number of hydrogen-bond acceptors (Lipinski definition) is 3. The molecular formula is C11H22NO2. The highest BCUT2D eigenvalue weighted by atomic mass is 16.5. The summed E-state index contributed by atoms with van der Waals surface area (Å²) in [6, 6.07) is 0. The Labute approximate surface area is 87.2 Å².